The number of rotatable bonds is 5. The van der Waals surface area contributed by atoms with Gasteiger partial charge in [-0.2, -0.15) is 0 Å². The summed E-state index contributed by atoms with van der Waals surface area (Å²) in [5, 5.41) is 11.8. The third kappa shape index (κ3) is 5.91. The minimum atomic E-state index is -0.707. The Balaban J connectivity index is 1.57. The highest BCUT2D eigenvalue weighted by molar-refractivity contribution is 5.97. The molecule has 0 aliphatic heterocycles. The molecule has 7 heteroatoms. The van der Waals surface area contributed by atoms with E-state index >= 15 is 0 Å². The van der Waals surface area contributed by atoms with Gasteiger partial charge in [-0.3, -0.25) is 19.8 Å². The van der Waals surface area contributed by atoms with Crippen LogP contribution in [0.4, 0.5) is 5.82 Å². The molecule has 4 rings (SSSR count). The van der Waals surface area contributed by atoms with Crippen molar-refractivity contribution in [3.8, 4) is 23.1 Å². The molecule has 2 aromatic heterocycles. The smallest absolute Gasteiger partial charge is 0.274 e. The van der Waals surface area contributed by atoms with E-state index in [2.05, 4.69) is 27.1 Å². The van der Waals surface area contributed by atoms with Crippen LogP contribution in [0.25, 0.3) is 11.3 Å². The number of aromatic nitrogens is 2. The highest BCUT2D eigenvalue weighted by Gasteiger charge is 2.13. The van der Waals surface area contributed by atoms with Gasteiger partial charge in [0.15, 0.2) is 0 Å². The van der Waals surface area contributed by atoms with Crippen LogP contribution in [0.2, 0.25) is 0 Å². The molecule has 0 radical (unpaired) electrons. The van der Waals surface area contributed by atoms with Crippen molar-refractivity contribution in [3.05, 3.63) is 114 Å². The van der Waals surface area contributed by atoms with Crippen LogP contribution in [0.15, 0.2) is 91.3 Å². The van der Waals surface area contributed by atoms with Gasteiger partial charge in [0.2, 0.25) is 5.91 Å². The van der Waals surface area contributed by atoms with Crippen LogP contribution in [0.1, 0.15) is 27.0 Å². The van der Waals surface area contributed by atoms with Crippen LogP contribution in [0.3, 0.4) is 0 Å². The lowest BCUT2D eigenvalue weighted by Gasteiger charge is -2.10. The van der Waals surface area contributed by atoms with E-state index in [0.717, 1.165) is 22.3 Å². The topological polar surface area (TPSA) is 104 Å². The zero-order chi connectivity index (χ0) is 23.8. The first-order valence-electron chi connectivity index (χ1n) is 10.4. The molecule has 0 saturated carbocycles. The lowest BCUT2D eigenvalue weighted by molar-refractivity contribution is -0.115. The van der Waals surface area contributed by atoms with Crippen molar-refractivity contribution in [1.82, 2.24) is 15.4 Å². The number of nitrogens with zero attached hydrogens (tertiary/aromatic N) is 2. The van der Waals surface area contributed by atoms with Crippen molar-refractivity contribution >= 4 is 17.6 Å². The van der Waals surface area contributed by atoms with E-state index in [0.29, 0.717) is 5.69 Å². The Morgan fingerprint density at radius 1 is 0.882 bits per heavy atom. The molecule has 2 aromatic carbocycles. The van der Waals surface area contributed by atoms with Gasteiger partial charge in [-0.15, -0.1) is 0 Å². The fraction of sp³-hybridized carbons (Fsp3) is 0.0370. The van der Waals surface area contributed by atoms with Crippen LogP contribution in [-0.2, 0) is 11.2 Å². The number of hydrogen-bond donors (Lipinski definition) is 3. The number of carbonyl (C=O) groups is 2. The Labute approximate surface area is 196 Å². The van der Waals surface area contributed by atoms with Crippen LogP contribution >= 0.6 is 0 Å². The zero-order valence-electron chi connectivity index (χ0n) is 18.0. The lowest BCUT2D eigenvalue weighted by Crippen LogP contribution is -2.20. The van der Waals surface area contributed by atoms with E-state index in [1.165, 1.54) is 12.1 Å². The fourth-order valence-electron chi connectivity index (χ4n) is 3.21. The number of hydrogen-bond acceptors (Lipinski definition) is 5. The Morgan fingerprint density at radius 3 is 2.35 bits per heavy atom. The summed E-state index contributed by atoms with van der Waals surface area (Å²) in [6.45, 7) is 0. The standard InChI is InChI=1S/C27H20N4O3/c32-26(15-20-5-2-1-3-6-20)30-25-17-23(27(33)31-34)16-24(29-25)22-12-10-19(11-13-22)8-9-21-7-4-14-28-18-21/h1-7,10-14,16-18,34H,15H2,(H,31,33)(H,29,30,32). The average Bonchev–Trinajstić information content (AvgIpc) is 2.88. The van der Waals surface area contributed by atoms with Gasteiger partial charge in [0.25, 0.3) is 5.91 Å². The van der Waals surface area contributed by atoms with Gasteiger partial charge in [-0.05, 0) is 42.0 Å². The summed E-state index contributed by atoms with van der Waals surface area (Å²) in [5.74, 6) is 5.35. The average molecular weight is 448 g/mol. The summed E-state index contributed by atoms with van der Waals surface area (Å²) < 4.78 is 0. The molecule has 2 amide bonds. The Hall–Kier alpha value is -4.80. The number of amides is 2. The van der Waals surface area contributed by atoms with Gasteiger partial charge in [0.05, 0.1) is 12.1 Å². The molecule has 34 heavy (non-hydrogen) atoms. The molecule has 3 N–H and O–H groups in total. The highest BCUT2D eigenvalue weighted by Crippen LogP contribution is 2.22. The minimum Gasteiger partial charge on any atom is -0.310 e. The molecule has 0 saturated heterocycles. The maximum Gasteiger partial charge on any atom is 0.274 e. The van der Waals surface area contributed by atoms with Crippen LogP contribution in [0, 0.1) is 11.8 Å². The van der Waals surface area contributed by atoms with E-state index in [-0.39, 0.29) is 23.7 Å². The molecule has 0 fully saturated rings. The highest BCUT2D eigenvalue weighted by atomic mass is 16.5. The largest absolute Gasteiger partial charge is 0.310 e. The van der Waals surface area contributed by atoms with Crippen LogP contribution in [0.5, 0.6) is 0 Å². The van der Waals surface area contributed by atoms with Crippen molar-refractivity contribution < 1.29 is 14.8 Å². The maximum atomic E-state index is 12.5. The number of nitrogens with one attached hydrogen (secondary N) is 2. The van der Waals surface area contributed by atoms with Crippen molar-refractivity contribution in [3.63, 3.8) is 0 Å². The number of benzene rings is 2. The van der Waals surface area contributed by atoms with Gasteiger partial charge in [-0.25, -0.2) is 10.5 Å². The minimum absolute atomic E-state index is 0.156. The molecule has 166 valence electrons. The molecule has 2 heterocycles. The summed E-state index contributed by atoms with van der Waals surface area (Å²) in [6.07, 6.45) is 3.55. The first-order chi connectivity index (χ1) is 16.6. The van der Waals surface area contributed by atoms with Crippen molar-refractivity contribution in [2.75, 3.05) is 5.32 Å². The summed E-state index contributed by atoms with van der Waals surface area (Å²) in [5.41, 5.74) is 5.42. The Bertz CT molecular complexity index is 1360. The van der Waals surface area contributed by atoms with Gasteiger partial charge >= 0.3 is 0 Å². The quantitative estimate of drug-likeness (QED) is 0.244. The normalized spacial score (nSPS) is 10.0. The molecular formula is C27H20N4O3. The number of pyridine rings is 2. The van der Waals surface area contributed by atoms with Gasteiger partial charge < -0.3 is 5.32 Å². The van der Waals surface area contributed by atoms with E-state index in [1.807, 2.05) is 66.7 Å². The van der Waals surface area contributed by atoms with Crippen molar-refractivity contribution in [2.45, 2.75) is 6.42 Å². The second-order valence-electron chi connectivity index (χ2n) is 7.35. The van der Waals surface area contributed by atoms with Crippen LogP contribution in [-0.4, -0.2) is 27.0 Å². The predicted octanol–water partition coefficient (Wildman–Crippen LogP) is 3.84. The molecule has 0 aliphatic rings. The molecular weight excluding hydrogens is 428 g/mol. The van der Waals surface area contributed by atoms with Gasteiger partial charge in [0.1, 0.15) is 5.82 Å². The zero-order valence-corrected chi connectivity index (χ0v) is 18.0. The second-order valence-corrected chi connectivity index (χ2v) is 7.35. The first-order valence-corrected chi connectivity index (χ1v) is 10.4. The molecule has 0 bridgehead atoms. The lowest BCUT2D eigenvalue weighted by atomic mass is 10.1. The van der Waals surface area contributed by atoms with Crippen LogP contribution < -0.4 is 10.8 Å². The summed E-state index contributed by atoms with van der Waals surface area (Å²) in [4.78, 5) is 33.1. The fourth-order valence-corrected chi connectivity index (χ4v) is 3.21. The van der Waals surface area contributed by atoms with E-state index < -0.39 is 5.91 Å². The van der Waals surface area contributed by atoms with E-state index in [1.54, 1.807) is 17.9 Å². The molecule has 4 aromatic rings. The third-order valence-electron chi connectivity index (χ3n) is 4.86. The summed E-state index contributed by atoms with van der Waals surface area (Å²) >= 11 is 0. The third-order valence-corrected chi connectivity index (χ3v) is 4.86. The summed E-state index contributed by atoms with van der Waals surface area (Å²) in [7, 11) is 0. The van der Waals surface area contributed by atoms with E-state index in [4.69, 9.17) is 5.21 Å². The molecule has 7 nitrogen and oxygen atoms in total. The number of anilines is 1. The Kier molecular flexibility index (Phi) is 7.03. The molecule has 0 aliphatic carbocycles. The first kappa shape index (κ1) is 22.4. The molecule has 0 unspecified atom stereocenters. The predicted molar refractivity (Wildman–Crippen MR) is 128 cm³/mol. The number of carbonyl (C=O) groups excluding carboxylic acids is 2. The van der Waals surface area contributed by atoms with Gasteiger partial charge in [-0.1, -0.05) is 54.3 Å². The number of hydroxylamine groups is 1. The SMILES string of the molecule is O=C(Cc1ccccc1)Nc1cc(C(=O)NO)cc(-c2ccc(C#Cc3cccnc3)cc2)n1. The van der Waals surface area contributed by atoms with Crippen molar-refractivity contribution in [2.24, 2.45) is 0 Å². The maximum absolute atomic E-state index is 12.5. The van der Waals surface area contributed by atoms with Crippen molar-refractivity contribution in [1.29, 1.82) is 0 Å². The monoisotopic (exact) mass is 448 g/mol. The van der Waals surface area contributed by atoms with Gasteiger partial charge in [0, 0.05) is 34.6 Å². The Morgan fingerprint density at radius 2 is 1.65 bits per heavy atom. The van der Waals surface area contributed by atoms with E-state index in [9.17, 15) is 9.59 Å². The summed E-state index contributed by atoms with van der Waals surface area (Å²) in [6, 6.07) is 23.3. The second kappa shape index (κ2) is 10.7. The molecule has 0 atom stereocenters. The molecule has 0 spiro atoms.